The van der Waals surface area contributed by atoms with Gasteiger partial charge in [0.15, 0.2) is 0 Å². The van der Waals surface area contributed by atoms with Crippen molar-refractivity contribution in [2.24, 2.45) is 0 Å². The number of rotatable bonds is 7. The van der Waals surface area contributed by atoms with E-state index in [0.29, 0.717) is 36.5 Å². The molecular formula is C18H21N3O3. The summed E-state index contributed by atoms with van der Waals surface area (Å²) in [4.78, 5) is 27.9. The molecule has 6 heteroatoms. The summed E-state index contributed by atoms with van der Waals surface area (Å²) >= 11 is 0. The summed E-state index contributed by atoms with van der Waals surface area (Å²) in [5.74, 6) is 0.948. The maximum absolute atomic E-state index is 11.9. The summed E-state index contributed by atoms with van der Waals surface area (Å²) in [6.07, 6.45) is 2.57. The van der Waals surface area contributed by atoms with Crippen LogP contribution in [-0.4, -0.2) is 30.5 Å². The highest BCUT2D eigenvalue weighted by molar-refractivity contribution is 5.94. The van der Waals surface area contributed by atoms with E-state index in [1.807, 2.05) is 13.0 Å². The van der Waals surface area contributed by atoms with Gasteiger partial charge in [-0.3, -0.25) is 9.59 Å². The molecule has 0 aliphatic rings. The Morgan fingerprint density at radius 3 is 2.50 bits per heavy atom. The van der Waals surface area contributed by atoms with Crippen molar-refractivity contribution in [3.05, 3.63) is 53.7 Å². The molecule has 0 unspecified atom stereocenters. The van der Waals surface area contributed by atoms with Crippen LogP contribution in [0.1, 0.15) is 28.8 Å². The van der Waals surface area contributed by atoms with Crippen LogP contribution < -0.4 is 15.4 Å². The molecule has 0 atom stereocenters. The lowest BCUT2D eigenvalue weighted by atomic mass is 10.2. The Morgan fingerprint density at radius 1 is 1.12 bits per heavy atom. The number of anilines is 1. The zero-order valence-corrected chi connectivity index (χ0v) is 13.8. The molecule has 1 heterocycles. The standard InChI is InChI=1S/C18H21N3O3/c1-13-5-10-16(20-12-13)21-17(22)4-3-11-19-18(23)14-6-8-15(24-2)9-7-14/h5-10,12H,3-4,11H2,1-2H3,(H,19,23)(H,20,21,22). The van der Waals surface area contributed by atoms with Gasteiger partial charge in [-0.25, -0.2) is 4.98 Å². The van der Waals surface area contributed by atoms with Crippen LogP contribution in [0.25, 0.3) is 0 Å². The third kappa shape index (κ3) is 5.39. The number of ether oxygens (including phenoxy) is 1. The number of methoxy groups -OCH3 is 1. The molecule has 2 amide bonds. The second-order valence-electron chi connectivity index (χ2n) is 5.36. The highest BCUT2D eigenvalue weighted by atomic mass is 16.5. The first kappa shape index (κ1) is 17.5. The second-order valence-corrected chi connectivity index (χ2v) is 5.36. The molecule has 0 fully saturated rings. The van der Waals surface area contributed by atoms with E-state index < -0.39 is 0 Å². The van der Waals surface area contributed by atoms with E-state index in [4.69, 9.17) is 4.74 Å². The lowest BCUT2D eigenvalue weighted by Gasteiger charge is -2.07. The highest BCUT2D eigenvalue weighted by Crippen LogP contribution is 2.11. The van der Waals surface area contributed by atoms with Gasteiger partial charge in [0.2, 0.25) is 5.91 Å². The molecule has 24 heavy (non-hydrogen) atoms. The lowest BCUT2D eigenvalue weighted by Crippen LogP contribution is -2.25. The third-order valence-corrected chi connectivity index (χ3v) is 3.40. The van der Waals surface area contributed by atoms with Crippen molar-refractivity contribution in [3.8, 4) is 5.75 Å². The molecule has 2 rings (SSSR count). The quantitative estimate of drug-likeness (QED) is 0.766. The molecule has 0 saturated carbocycles. The summed E-state index contributed by atoms with van der Waals surface area (Å²) in [6, 6.07) is 10.5. The molecule has 1 aromatic heterocycles. The fourth-order valence-electron chi connectivity index (χ4n) is 2.04. The van der Waals surface area contributed by atoms with Gasteiger partial charge >= 0.3 is 0 Å². The van der Waals surface area contributed by atoms with E-state index in [0.717, 1.165) is 5.56 Å². The van der Waals surface area contributed by atoms with Gasteiger partial charge in [-0.1, -0.05) is 6.07 Å². The number of nitrogens with one attached hydrogen (secondary N) is 2. The van der Waals surface area contributed by atoms with Gasteiger partial charge in [0.05, 0.1) is 7.11 Å². The van der Waals surface area contributed by atoms with E-state index in [-0.39, 0.29) is 11.8 Å². The van der Waals surface area contributed by atoms with Crippen molar-refractivity contribution < 1.29 is 14.3 Å². The minimum absolute atomic E-state index is 0.120. The molecule has 2 N–H and O–H groups in total. The molecule has 0 aliphatic heterocycles. The monoisotopic (exact) mass is 327 g/mol. The number of carbonyl (C=O) groups excluding carboxylic acids is 2. The molecular weight excluding hydrogens is 306 g/mol. The zero-order valence-electron chi connectivity index (χ0n) is 13.8. The zero-order chi connectivity index (χ0) is 17.4. The molecule has 2 aromatic rings. The van der Waals surface area contributed by atoms with Crippen LogP contribution in [0.3, 0.4) is 0 Å². The summed E-state index contributed by atoms with van der Waals surface area (Å²) < 4.78 is 5.05. The number of aromatic nitrogens is 1. The number of nitrogens with zero attached hydrogens (tertiary/aromatic N) is 1. The van der Waals surface area contributed by atoms with Crippen LogP contribution in [0.5, 0.6) is 5.75 Å². The first-order valence-corrected chi connectivity index (χ1v) is 7.73. The Morgan fingerprint density at radius 2 is 1.88 bits per heavy atom. The van der Waals surface area contributed by atoms with Crippen LogP contribution in [0.2, 0.25) is 0 Å². The average Bonchev–Trinajstić information content (AvgIpc) is 2.60. The number of pyridine rings is 1. The maximum atomic E-state index is 11.9. The highest BCUT2D eigenvalue weighted by Gasteiger charge is 2.06. The molecule has 0 radical (unpaired) electrons. The Balaban J connectivity index is 1.68. The van der Waals surface area contributed by atoms with E-state index in [2.05, 4.69) is 15.6 Å². The molecule has 0 saturated heterocycles. The van der Waals surface area contributed by atoms with Crippen LogP contribution >= 0.6 is 0 Å². The molecule has 0 aliphatic carbocycles. The number of amides is 2. The minimum Gasteiger partial charge on any atom is -0.497 e. The normalized spacial score (nSPS) is 10.1. The molecule has 6 nitrogen and oxygen atoms in total. The van der Waals surface area contributed by atoms with Crippen LogP contribution in [0, 0.1) is 6.92 Å². The van der Waals surface area contributed by atoms with E-state index in [1.165, 1.54) is 0 Å². The van der Waals surface area contributed by atoms with Crippen LogP contribution in [-0.2, 0) is 4.79 Å². The lowest BCUT2D eigenvalue weighted by molar-refractivity contribution is -0.116. The minimum atomic E-state index is -0.168. The van der Waals surface area contributed by atoms with Gasteiger partial charge in [-0.2, -0.15) is 0 Å². The molecule has 0 bridgehead atoms. The van der Waals surface area contributed by atoms with Crippen molar-refractivity contribution in [2.45, 2.75) is 19.8 Å². The Kier molecular flexibility index (Phi) is 6.31. The Hall–Kier alpha value is -2.89. The van der Waals surface area contributed by atoms with Gasteiger partial charge in [-0.15, -0.1) is 0 Å². The molecule has 1 aromatic carbocycles. The number of hydrogen-bond acceptors (Lipinski definition) is 4. The van der Waals surface area contributed by atoms with Crippen molar-refractivity contribution >= 4 is 17.6 Å². The summed E-state index contributed by atoms with van der Waals surface area (Å²) in [6.45, 7) is 2.36. The first-order valence-electron chi connectivity index (χ1n) is 7.73. The summed E-state index contributed by atoms with van der Waals surface area (Å²) in [5.41, 5.74) is 1.60. The predicted octanol–water partition coefficient (Wildman–Crippen LogP) is 2.55. The number of hydrogen-bond donors (Lipinski definition) is 2. The fourth-order valence-corrected chi connectivity index (χ4v) is 2.04. The van der Waals surface area contributed by atoms with Crippen LogP contribution in [0.4, 0.5) is 5.82 Å². The fraction of sp³-hybridized carbons (Fsp3) is 0.278. The van der Waals surface area contributed by atoms with Gasteiger partial charge in [0.25, 0.3) is 5.91 Å². The van der Waals surface area contributed by atoms with Crippen molar-refractivity contribution in [1.82, 2.24) is 10.3 Å². The van der Waals surface area contributed by atoms with Crippen LogP contribution in [0.15, 0.2) is 42.6 Å². The van der Waals surface area contributed by atoms with E-state index >= 15 is 0 Å². The van der Waals surface area contributed by atoms with Gasteiger partial charge in [0, 0.05) is 24.7 Å². The number of aryl methyl sites for hydroxylation is 1. The first-order chi connectivity index (χ1) is 11.6. The van der Waals surface area contributed by atoms with Crippen molar-refractivity contribution in [2.75, 3.05) is 19.0 Å². The van der Waals surface area contributed by atoms with Gasteiger partial charge in [0.1, 0.15) is 11.6 Å². The largest absolute Gasteiger partial charge is 0.497 e. The molecule has 126 valence electrons. The number of carbonyl (C=O) groups is 2. The summed E-state index contributed by atoms with van der Waals surface area (Å²) in [7, 11) is 1.58. The smallest absolute Gasteiger partial charge is 0.251 e. The SMILES string of the molecule is COc1ccc(C(=O)NCCCC(=O)Nc2ccc(C)cn2)cc1. The second kappa shape index (κ2) is 8.67. The maximum Gasteiger partial charge on any atom is 0.251 e. The van der Waals surface area contributed by atoms with E-state index in [9.17, 15) is 9.59 Å². The number of benzene rings is 1. The third-order valence-electron chi connectivity index (χ3n) is 3.40. The van der Waals surface area contributed by atoms with Crippen molar-refractivity contribution in [1.29, 1.82) is 0 Å². The average molecular weight is 327 g/mol. The Bertz CT molecular complexity index is 682. The Labute approximate surface area is 141 Å². The van der Waals surface area contributed by atoms with Gasteiger partial charge < -0.3 is 15.4 Å². The summed E-state index contributed by atoms with van der Waals surface area (Å²) in [5, 5.41) is 5.51. The van der Waals surface area contributed by atoms with Crippen molar-refractivity contribution in [3.63, 3.8) is 0 Å². The van der Waals surface area contributed by atoms with Gasteiger partial charge in [-0.05, 0) is 49.2 Å². The topological polar surface area (TPSA) is 80.3 Å². The van der Waals surface area contributed by atoms with E-state index in [1.54, 1.807) is 43.6 Å². The predicted molar refractivity (Wildman–Crippen MR) is 92.2 cm³/mol. The molecule has 0 spiro atoms.